The van der Waals surface area contributed by atoms with E-state index in [1.807, 2.05) is 0 Å². The predicted molar refractivity (Wildman–Crippen MR) is 42.5 cm³/mol. The van der Waals surface area contributed by atoms with Crippen LogP contribution in [0.15, 0.2) is 23.5 Å². The highest BCUT2D eigenvalue weighted by Crippen LogP contribution is 2.31. The van der Waals surface area contributed by atoms with Gasteiger partial charge in [0, 0.05) is 12.4 Å². The van der Waals surface area contributed by atoms with E-state index in [4.69, 9.17) is 0 Å². The Morgan fingerprint density at radius 2 is 2.15 bits per heavy atom. The second kappa shape index (κ2) is 3.55. The Morgan fingerprint density at radius 3 is 2.69 bits per heavy atom. The number of aromatic nitrogens is 1. The summed E-state index contributed by atoms with van der Waals surface area (Å²) < 4.78 is 36.8. The van der Waals surface area contributed by atoms with Crippen LogP contribution in [0.2, 0.25) is 0 Å². The van der Waals surface area contributed by atoms with Gasteiger partial charge < -0.3 is 0 Å². The first kappa shape index (κ1) is 9.70. The fourth-order valence-electron chi connectivity index (χ4n) is 0.937. The molecule has 1 aromatic rings. The van der Waals surface area contributed by atoms with Crippen LogP contribution in [0.25, 0.3) is 0 Å². The lowest BCUT2D eigenvalue weighted by atomic mass is 10.1. The molecule has 1 rings (SSSR count). The van der Waals surface area contributed by atoms with Crippen LogP contribution in [0.1, 0.15) is 11.1 Å². The third-order valence-electron chi connectivity index (χ3n) is 1.50. The van der Waals surface area contributed by atoms with Crippen molar-refractivity contribution in [1.29, 1.82) is 0 Å². The van der Waals surface area contributed by atoms with E-state index in [0.717, 1.165) is 6.20 Å². The summed E-state index contributed by atoms with van der Waals surface area (Å²) in [5.74, 6) is 0. The number of nitrogens with zero attached hydrogens (tertiary/aromatic N) is 2. The minimum absolute atomic E-state index is 0.0443. The van der Waals surface area contributed by atoms with Crippen molar-refractivity contribution in [3.8, 4) is 0 Å². The average molecular weight is 188 g/mol. The summed E-state index contributed by atoms with van der Waals surface area (Å²) in [7, 11) is 0. The molecule has 0 aliphatic carbocycles. The Balaban J connectivity index is 3.11. The molecular weight excluding hydrogens is 181 g/mol. The molecule has 0 bridgehead atoms. The highest BCUT2D eigenvalue weighted by Gasteiger charge is 2.33. The van der Waals surface area contributed by atoms with E-state index < -0.39 is 11.7 Å². The van der Waals surface area contributed by atoms with E-state index in [-0.39, 0.29) is 12.1 Å². The molecule has 0 radical (unpaired) electrons. The van der Waals surface area contributed by atoms with Crippen molar-refractivity contribution < 1.29 is 13.2 Å². The molecule has 2 nitrogen and oxygen atoms in total. The fraction of sp³-hybridized carbons (Fsp3) is 0.250. The number of alkyl halides is 3. The first-order valence-electron chi connectivity index (χ1n) is 3.48. The van der Waals surface area contributed by atoms with Gasteiger partial charge in [0.15, 0.2) is 0 Å². The maximum absolute atomic E-state index is 12.3. The quantitative estimate of drug-likeness (QED) is 0.653. The van der Waals surface area contributed by atoms with Crippen molar-refractivity contribution in [2.24, 2.45) is 4.99 Å². The van der Waals surface area contributed by atoms with Crippen molar-refractivity contribution in [1.82, 2.24) is 4.98 Å². The second-order valence-electron chi connectivity index (χ2n) is 2.41. The number of pyridine rings is 1. The molecule has 70 valence electrons. The van der Waals surface area contributed by atoms with E-state index in [9.17, 15) is 13.2 Å². The van der Waals surface area contributed by atoms with Crippen molar-refractivity contribution >= 4 is 6.72 Å². The molecule has 0 unspecified atom stereocenters. The van der Waals surface area contributed by atoms with Gasteiger partial charge in [0.1, 0.15) is 0 Å². The summed E-state index contributed by atoms with van der Waals surface area (Å²) in [5, 5.41) is 0. The normalized spacial score (nSPS) is 11.3. The predicted octanol–water partition coefficient (Wildman–Crippen LogP) is 2.30. The zero-order chi connectivity index (χ0) is 9.90. The Morgan fingerprint density at radius 1 is 1.46 bits per heavy atom. The highest BCUT2D eigenvalue weighted by atomic mass is 19.4. The first-order valence-corrected chi connectivity index (χ1v) is 3.48. The lowest BCUT2D eigenvalue weighted by Crippen LogP contribution is -2.09. The van der Waals surface area contributed by atoms with E-state index >= 15 is 0 Å². The number of hydrogen-bond donors (Lipinski definition) is 0. The van der Waals surface area contributed by atoms with Gasteiger partial charge in [-0.3, -0.25) is 9.98 Å². The topological polar surface area (TPSA) is 25.2 Å². The molecule has 0 spiro atoms. The van der Waals surface area contributed by atoms with E-state index in [1.165, 1.54) is 12.3 Å². The van der Waals surface area contributed by atoms with Crippen LogP contribution < -0.4 is 0 Å². The lowest BCUT2D eigenvalue weighted by molar-refractivity contribution is -0.138. The van der Waals surface area contributed by atoms with Gasteiger partial charge in [0.05, 0.1) is 12.1 Å². The fourth-order valence-corrected chi connectivity index (χ4v) is 0.937. The van der Waals surface area contributed by atoms with Gasteiger partial charge >= 0.3 is 6.18 Å². The van der Waals surface area contributed by atoms with E-state index in [2.05, 4.69) is 16.7 Å². The molecular formula is C8H7F3N2. The second-order valence-corrected chi connectivity index (χ2v) is 2.41. The molecule has 0 atom stereocenters. The molecule has 13 heavy (non-hydrogen) atoms. The largest absolute Gasteiger partial charge is 0.418 e. The number of halogens is 3. The summed E-state index contributed by atoms with van der Waals surface area (Å²) in [5.41, 5.74) is -0.653. The monoisotopic (exact) mass is 188 g/mol. The smallest absolute Gasteiger partial charge is 0.296 e. The van der Waals surface area contributed by atoms with Crippen molar-refractivity contribution in [2.75, 3.05) is 0 Å². The van der Waals surface area contributed by atoms with E-state index in [0.29, 0.717) is 0 Å². The number of hydrogen-bond acceptors (Lipinski definition) is 2. The van der Waals surface area contributed by atoms with Crippen LogP contribution in [0.3, 0.4) is 0 Å². The molecule has 0 aliphatic rings. The molecule has 5 heteroatoms. The van der Waals surface area contributed by atoms with Crippen LogP contribution in [0, 0.1) is 0 Å². The van der Waals surface area contributed by atoms with E-state index in [1.54, 1.807) is 0 Å². The SMILES string of the molecule is C=NCc1ccncc1C(F)(F)F. The van der Waals surface area contributed by atoms with Crippen LogP contribution in [0.5, 0.6) is 0 Å². The summed E-state index contributed by atoms with van der Waals surface area (Å²) in [4.78, 5) is 6.81. The molecule has 0 amide bonds. The van der Waals surface area contributed by atoms with Crippen molar-refractivity contribution in [3.63, 3.8) is 0 Å². The van der Waals surface area contributed by atoms with Gasteiger partial charge in [-0.1, -0.05) is 0 Å². The van der Waals surface area contributed by atoms with Gasteiger partial charge in [-0.05, 0) is 18.3 Å². The zero-order valence-corrected chi connectivity index (χ0v) is 6.67. The Bertz CT molecular complexity index is 307. The summed E-state index contributed by atoms with van der Waals surface area (Å²) >= 11 is 0. The molecule has 0 saturated carbocycles. The molecule has 0 aliphatic heterocycles. The lowest BCUT2D eigenvalue weighted by Gasteiger charge is -2.09. The summed E-state index contributed by atoms with van der Waals surface area (Å²) in [6.07, 6.45) is -2.27. The number of aliphatic imine (C=N–C) groups is 1. The molecule has 0 saturated heterocycles. The zero-order valence-electron chi connectivity index (χ0n) is 6.67. The maximum Gasteiger partial charge on any atom is 0.418 e. The summed E-state index contributed by atoms with van der Waals surface area (Å²) in [6, 6.07) is 1.29. The minimum Gasteiger partial charge on any atom is -0.296 e. The average Bonchev–Trinajstić information content (AvgIpc) is 2.04. The van der Waals surface area contributed by atoms with Gasteiger partial charge in [0.25, 0.3) is 0 Å². The Labute approximate surface area is 73.1 Å². The van der Waals surface area contributed by atoms with Gasteiger partial charge in [0.2, 0.25) is 0 Å². The van der Waals surface area contributed by atoms with Crippen LogP contribution in [-0.4, -0.2) is 11.7 Å². The molecule has 0 fully saturated rings. The van der Waals surface area contributed by atoms with Gasteiger partial charge in [-0.2, -0.15) is 13.2 Å². The maximum atomic E-state index is 12.3. The number of rotatable bonds is 2. The van der Waals surface area contributed by atoms with Gasteiger partial charge in [-0.25, -0.2) is 0 Å². The third kappa shape index (κ3) is 2.27. The molecule has 1 heterocycles. The highest BCUT2D eigenvalue weighted by molar-refractivity contribution is 5.29. The van der Waals surface area contributed by atoms with Crippen LogP contribution in [-0.2, 0) is 12.7 Å². The van der Waals surface area contributed by atoms with Gasteiger partial charge in [-0.15, -0.1) is 0 Å². The van der Waals surface area contributed by atoms with Crippen LogP contribution in [0.4, 0.5) is 13.2 Å². The molecule has 1 aromatic heterocycles. The Kier molecular flexibility index (Phi) is 2.65. The Hall–Kier alpha value is -1.39. The molecule has 0 aromatic carbocycles. The van der Waals surface area contributed by atoms with Crippen molar-refractivity contribution in [2.45, 2.75) is 12.7 Å². The third-order valence-corrected chi connectivity index (χ3v) is 1.50. The molecule has 0 N–H and O–H groups in total. The van der Waals surface area contributed by atoms with Crippen LogP contribution >= 0.6 is 0 Å². The standard InChI is InChI=1S/C8H7F3N2/c1-12-4-6-2-3-13-5-7(6)8(9,10)11/h2-3,5H,1,4H2. The summed E-state index contributed by atoms with van der Waals surface area (Å²) in [6.45, 7) is 3.10. The van der Waals surface area contributed by atoms with Crippen molar-refractivity contribution in [3.05, 3.63) is 29.6 Å². The minimum atomic E-state index is -4.37. The first-order chi connectivity index (χ1) is 6.05.